The second-order valence-electron chi connectivity index (χ2n) is 2.35. The molecule has 14 heavy (non-hydrogen) atoms. The van der Waals surface area contributed by atoms with E-state index < -0.39 is 24.8 Å². The van der Waals surface area contributed by atoms with Crippen molar-refractivity contribution in [3.8, 4) is 6.07 Å². The molecule has 5 nitrogen and oxygen atoms in total. The first-order valence-electron chi connectivity index (χ1n) is 5.27. The Morgan fingerprint density at radius 3 is 3.00 bits per heavy atom. The minimum Gasteiger partial charge on any atom is -0.480 e. The molecule has 0 saturated carbocycles. The number of hydrogen-bond acceptors (Lipinski definition) is 4. The monoisotopic (exact) mass is 219 g/mol. The van der Waals surface area contributed by atoms with Gasteiger partial charge in [0.25, 0.3) is 0 Å². The van der Waals surface area contributed by atoms with Crippen molar-refractivity contribution < 1.29 is 18.8 Å². The second-order valence-corrected chi connectivity index (χ2v) is 3.50. The van der Waals surface area contributed by atoms with Crippen LogP contribution in [0.4, 0.5) is 0 Å². The molecule has 1 unspecified atom stereocenters. The van der Waals surface area contributed by atoms with E-state index in [1.165, 1.54) is 11.8 Å². The molecule has 0 aromatic rings. The van der Waals surface area contributed by atoms with Crippen molar-refractivity contribution in [2.24, 2.45) is 0 Å². The van der Waals surface area contributed by atoms with Crippen molar-refractivity contribution in [1.82, 2.24) is 5.32 Å². The van der Waals surface area contributed by atoms with E-state index in [0.717, 1.165) is 0 Å². The van der Waals surface area contributed by atoms with E-state index in [1.807, 2.05) is 11.4 Å². The minimum absolute atomic E-state index is 0.0266. The van der Waals surface area contributed by atoms with Gasteiger partial charge in [0.1, 0.15) is 6.04 Å². The van der Waals surface area contributed by atoms with Crippen molar-refractivity contribution in [2.45, 2.75) is 19.3 Å². The topological polar surface area (TPSA) is 90.2 Å². The summed E-state index contributed by atoms with van der Waals surface area (Å²) >= 11 is 1.17. The zero-order valence-electron chi connectivity index (χ0n) is 10.3. The molecule has 6 heteroatoms. The molecule has 0 spiro atoms. The molecule has 0 aliphatic rings. The Balaban J connectivity index is 4.22. The predicted molar refractivity (Wildman–Crippen MR) is 52.8 cm³/mol. The average molecular weight is 219 g/mol. The van der Waals surface area contributed by atoms with E-state index in [9.17, 15) is 9.59 Å². The van der Waals surface area contributed by atoms with Crippen molar-refractivity contribution in [1.29, 1.82) is 5.26 Å². The summed E-state index contributed by atoms with van der Waals surface area (Å²) < 4.78 is 20.4. The first kappa shape index (κ1) is 8.12. The first-order chi connectivity index (χ1) is 7.79. The van der Waals surface area contributed by atoms with Crippen LogP contribution in [0.15, 0.2) is 0 Å². The van der Waals surface area contributed by atoms with Crippen LogP contribution in [0.1, 0.15) is 17.4 Å². The molecule has 0 radical (unpaired) electrons. The summed E-state index contributed by atoms with van der Waals surface area (Å²) in [5.41, 5.74) is 0. The maximum absolute atomic E-state index is 11.1. The number of carboxylic acid groups (broad SMARTS) is 1. The number of rotatable bonds is 6. The summed E-state index contributed by atoms with van der Waals surface area (Å²) in [5, 5.41) is 19.0. The highest BCUT2D eigenvalue weighted by Crippen LogP contribution is 2.04. The summed E-state index contributed by atoms with van der Waals surface area (Å²) in [6.07, 6.45) is 0.268. The van der Waals surface area contributed by atoms with Gasteiger partial charge in [-0.15, -0.1) is 0 Å². The van der Waals surface area contributed by atoms with E-state index >= 15 is 0 Å². The van der Waals surface area contributed by atoms with Gasteiger partial charge in [-0.3, -0.25) is 4.79 Å². The molecule has 78 valence electrons. The molecule has 0 aromatic heterocycles. The number of thioether (sulfide) groups is 1. The molecule has 0 aromatic carbocycles. The van der Waals surface area contributed by atoms with Crippen LogP contribution in [0.25, 0.3) is 0 Å². The zero-order chi connectivity index (χ0) is 13.5. The Kier molecular flexibility index (Phi) is 4.18. The van der Waals surface area contributed by atoms with E-state index in [-0.39, 0.29) is 12.2 Å². The van der Waals surface area contributed by atoms with E-state index in [1.54, 1.807) is 0 Å². The number of amides is 1. The lowest BCUT2D eigenvalue weighted by Crippen LogP contribution is -2.41. The Hall–Kier alpha value is -1.22. The summed E-state index contributed by atoms with van der Waals surface area (Å²) in [7, 11) is 0. The molecule has 1 amide bonds. The smallest absolute Gasteiger partial charge is 0.327 e. The van der Waals surface area contributed by atoms with Crippen LogP contribution in [-0.2, 0) is 9.59 Å². The number of nitriles is 1. The van der Waals surface area contributed by atoms with E-state index in [4.69, 9.17) is 14.5 Å². The van der Waals surface area contributed by atoms with Gasteiger partial charge in [-0.05, 0) is 0 Å². The number of aliphatic carboxylic acids is 1. The van der Waals surface area contributed by atoms with Crippen LogP contribution >= 0.6 is 11.8 Å². The predicted octanol–water partition coefficient (Wildman–Crippen LogP) is 0.223. The molecule has 0 rings (SSSR count). The summed E-state index contributed by atoms with van der Waals surface area (Å²) in [5.74, 6) is -2.12. The third kappa shape index (κ3) is 6.31. The van der Waals surface area contributed by atoms with Gasteiger partial charge in [-0.2, -0.15) is 17.0 Å². The molecule has 0 fully saturated rings. The van der Waals surface area contributed by atoms with Crippen LogP contribution in [0.2, 0.25) is 0 Å². The maximum Gasteiger partial charge on any atom is 0.327 e. The highest BCUT2D eigenvalue weighted by atomic mass is 32.2. The normalized spacial score (nSPS) is 15.5. The maximum atomic E-state index is 11.1. The van der Waals surface area contributed by atoms with Crippen molar-refractivity contribution in [2.75, 3.05) is 11.5 Å². The molecule has 0 aliphatic carbocycles. The Bertz CT molecular complexity index is 327. The number of hydrogen-bond donors (Lipinski definition) is 2. The lowest BCUT2D eigenvalue weighted by Gasteiger charge is -2.11. The van der Waals surface area contributed by atoms with Crippen LogP contribution in [0.3, 0.4) is 0 Å². The fourth-order valence-corrected chi connectivity index (χ4v) is 1.52. The molecular weight excluding hydrogens is 204 g/mol. The average Bonchev–Trinajstić information content (AvgIpc) is 2.20. The van der Waals surface area contributed by atoms with Gasteiger partial charge in [0.2, 0.25) is 5.91 Å². The van der Waals surface area contributed by atoms with Gasteiger partial charge in [0.05, 0.1) is 6.07 Å². The van der Waals surface area contributed by atoms with Gasteiger partial charge >= 0.3 is 5.97 Å². The summed E-state index contributed by atoms with van der Waals surface area (Å²) in [4.78, 5) is 21.8. The SMILES string of the molecule is [2H]C([2H])([2H])C(=O)NC(CSCCC#N)C(=O)O. The third-order valence-electron chi connectivity index (χ3n) is 1.25. The lowest BCUT2D eigenvalue weighted by atomic mass is 10.3. The van der Waals surface area contributed by atoms with Crippen LogP contribution in [0.5, 0.6) is 0 Å². The Morgan fingerprint density at radius 1 is 1.79 bits per heavy atom. The molecule has 1 atom stereocenters. The molecule has 0 heterocycles. The fraction of sp³-hybridized carbons (Fsp3) is 0.625. The largest absolute Gasteiger partial charge is 0.480 e. The number of nitrogens with zero attached hydrogens (tertiary/aromatic N) is 1. The standard InChI is InChI=1S/C8H12N2O3S/c1-6(11)10-7(8(12)13)5-14-4-2-3-9/h7H,2,4-5H2,1H3,(H,10,11)(H,12,13)/i1D3. The molecular formula is C8H12N2O3S. The number of carbonyl (C=O) groups excluding carboxylic acids is 1. The van der Waals surface area contributed by atoms with Crippen LogP contribution < -0.4 is 5.32 Å². The highest BCUT2D eigenvalue weighted by Gasteiger charge is 2.17. The van der Waals surface area contributed by atoms with Crippen molar-refractivity contribution >= 4 is 23.6 Å². The van der Waals surface area contributed by atoms with Crippen molar-refractivity contribution in [3.05, 3.63) is 0 Å². The first-order valence-corrected chi connectivity index (χ1v) is 4.93. The Labute approximate surface area is 90.7 Å². The number of carbonyl (C=O) groups is 2. The summed E-state index contributed by atoms with van der Waals surface area (Å²) in [6, 6.07) is 0.632. The van der Waals surface area contributed by atoms with Gasteiger partial charge in [-0.25, -0.2) is 4.79 Å². The molecule has 0 bridgehead atoms. The van der Waals surface area contributed by atoms with Gasteiger partial charge in [0.15, 0.2) is 0 Å². The fourth-order valence-electron chi connectivity index (χ4n) is 0.652. The third-order valence-corrected chi connectivity index (χ3v) is 2.31. The summed E-state index contributed by atoms with van der Waals surface area (Å²) in [6.45, 7) is -2.86. The Morgan fingerprint density at radius 2 is 2.50 bits per heavy atom. The van der Waals surface area contributed by atoms with E-state index in [2.05, 4.69) is 0 Å². The van der Waals surface area contributed by atoms with Gasteiger partial charge in [-0.1, -0.05) is 0 Å². The molecule has 0 saturated heterocycles. The van der Waals surface area contributed by atoms with Gasteiger partial charge in [0, 0.05) is 28.9 Å². The lowest BCUT2D eigenvalue weighted by molar-refractivity contribution is -0.140. The molecule has 2 N–H and O–H groups in total. The van der Waals surface area contributed by atoms with E-state index in [0.29, 0.717) is 5.75 Å². The van der Waals surface area contributed by atoms with Gasteiger partial charge < -0.3 is 10.4 Å². The van der Waals surface area contributed by atoms with Crippen molar-refractivity contribution in [3.63, 3.8) is 0 Å². The van der Waals surface area contributed by atoms with Crippen LogP contribution in [-0.4, -0.2) is 34.5 Å². The second kappa shape index (κ2) is 7.21. The number of carboxylic acids is 1. The highest BCUT2D eigenvalue weighted by molar-refractivity contribution is 7.99. The minimum atomic E-state index is -2.86. The number of nitrogens with one attached hydrogen (secondary N) is 1. The van der Waals surface area contributed by atoms with Crippen LogP contribution in [0, 0.1) is 11.3 Å². The molecule has 0 aliphatic heterocycles. The zero-order valence-corrected chi connectivity index (χ0v) is 8.13. The quantitative estimate of drug-likeness (QED) is 0.624.